The van der Waals surface area contributed by atoms with Crippen LogP contribution in [0.4, 0.5) is 5.69 Å². The number of halogens is 1. The van der Waals surface area contributed by atoms with Gasteiger partial charge in [0.1, 0.15) is 0 Å². The van der Waals surface area contributed by atoms with Crippen LogP contribution in [0.5, 0.6) is 0 Å². The predicted octanol–water partition coefficient (Wildman–Crippen LogP) is 3.94. The molecular formula is C19H19ClN2O2. The molecular weight excluding hydrogens is 324 g/mol. The topological polar surface area (TPSA) is 50.4 Å². The molecule has 0 unspecified atom stereocenters. The zero-order valence-corrected chi connectivity index (χ0v) is 14.1. The van der Waals surface area contributed by atoms with Gasteiger partial charge in [-0.2, -0.15) is 0 Å². The Morgan fingerprint density at radius 2 is 1.96 bits per heavy atom. The standard InChI is InChI=1S/C19H19ClN2O2/c1-24-19(23)12-4-2-11(3-5-12)17-14-8-9-21-18(14)15-10-13(20)6-7-16(15)22-17/h2-7,10,14,17-18,21-22H,8-9H2,1H3/t14-,17-,18-/m1/s1. The van der Waals surface area contributed by atoms with E-state index >= 15 is 0 Å². The summed E-state index contributed by atoms with van der Waals surface area (Å²) < 4.78 is 4.77. The Kier molecular flexibility index (Phi) is 3.94. The minimum Gasteiger partial charge on any atom is -0.465 e. The average molecular weight is 343 g/mol. The number of esters is 1. The number of carbonyl (C=O) groups excluding carboxylic acids is 1. The molecule has 2 aliphatic heterocycles. The van der Waals surface area contributed by atoms with Gasteiger partial charge in [-0.1, -0.05) is 23.7 Å². The quantitative estimate of drug-likeness (QED) is 0.811. The highest BCUT2D eigenvalue weighted by molar-refractivity contribution is 6.30. The third-order valence-electron chi connectivity index (χ3n) is 5.05. The largest absolute Gasteiger partial charge is 0.465 e. The minimum atomic E-state index is -0.307. The zero-order chi connectivity index (χ0) is 16.7. The van der Waals surface area contributed by atoms with Crippen LogP contribution in [-0.2, 0) is 4.74 Å². The number of nitrogens with one attached hydrogen (secondary N) is 2. The molecule has 1 fully saturated rings. The molecule has 4 nitrogen and oxygen atoms in total. The van der Waals surface area contributed by atoms with Gasteiger partial charge in [0.15, 0.2) is 0 Å². The van der Waals surface area contributed by atoms with Crippen molar-refractivity contribution >= 4 is 23.3 Å². The van der Waals surface area contributed by atoms with E-state index in [1.165, 1.54) is 18.2 Å². The van der Waals surface area contributed by atoms with E-state index in [4.69, 9.17) is 16.3 Å². The summed E-state index contributed by atoms with van der Waals surface area (Å²) in [6.45, 7) is 1.000. The molecule has 24 heavy (non-hydrogen) atoms. The van der Waals surface area contributed by atoms with Crippen LogP contribution in [0.2, 0.25) is 5.02 Å². The molecule has 5 heteroatoms. The first-order valence-corrected chi connectivity index (χ1v) is 8.53. The maximum atomic E-state index is 11.6. The summed E-state index contributed by atoms with van der Waals surface area (Å²) in [6.07, 6.45) is 1.10. The molecule has 2 aromatic carbocycles. The van der Waals surface area contributed by atoms with Crippen LogP contribution in [0.1, 0.15) is 40.0 Å². The second-order valence-electron chi connectivity index (χ2n) is 6.35. The lowest BCUT2D eigenvalue weighted by molar-refractivity contribution is 0.0600. The molecule has 0 radical (unpaired) electrons. The van der Waals surface area contributed by atoms with Gasteiger partial charge in [0.2, 0.25) is 0 Å². The number of anilines is 1. The fraction of sp³-hybridized carbons (Fsp3) is 0.316. The van der Waals surface area contributed by atoms with Crippen LogP contribution in [-0.4, -0.2) is 19.6 Å². The smallest absolute Gasteiger partial charge is 0.337 e. The van der Waals surface area contributed by atoms with E-state index in [-0.39, 0.29) is 12.0 Å². The highest BCUT2D eigenvalue weighted by Crippen LogP contribution is 2.47. The first-order chi connectivity index (χ1) is 11.7. The van der Waals surface area contributed by atoms with Crippen molar-refractivity contribution in [2.24, 2.45) is 5.92 Å². The summed E-state index contributed by atoms with van der Waals surface area (Å²) in [5, 5.41) is 8.03. The molecule has 1 saturated heterocycles. The predicted molar refractivity (Wildman–Crippen MR) is 94.4 cm³/mol. The van der Waals surface area contributed by atoms with Crippen molar-refractivity contribution in [3.63, 3.8) is 0 Å². The van der Waals surface area contributed by atoms with E-state index in [0.29, 0.717) is 17.5 Å². The second-order valence-corrected chi connectivity index (χ2v) is 6.79. The third kappa shape index (κ3) is 2.56. The van der Waals surface area contributed by atoms with Crippen molar-refractivity contribution in [2.45, 2.75) is 18.5 Å². The van der Waals surface area contributed by atoms with E-state index in [1.54, 1.807) is 0 Å². The highest BCUT2D eigenvalue weighted by atomic mass is 35.5. The molecule has 0 spiro atoms. The van der Waals surface area contributed by atoms with Gasteiger partial charge in [0, 0.05) is 22.7 Å². The van der Waals surface area contributed by atoms with Crippen LogP contribution in [0, 0.1) is 5.92 Å². The average Bonchev–Trinajstić information content (AvgIpc) is 3.11. The Labute approximate surface area is 146 Å². The van der Waals surface area contributed by atoms with E-state index < -0.39 is 0 Å². The first-order valence-electron chi connectivity index (χ1n) is 8.15. The van der Waals surface area contributed by atoms with Crippen LogP contribution in [0.25, 0.3) is 0 Å². The number of methoxy groups -OCH3 is 1. The summed E-state index contributed by atoms with van der Waals surface area (Å²) in [7, 11) is 1.40. The highest BCUT2D eigenvalue weighted by Gasteiger charge is 2.40. The van der Waals surface area contributed by atoms with Crippen molar-refractivity contribution in [1.82, 2.24) is 5.32 Å². The fourth-order valence-corrected chi connectivity index (χ4v) is 4.08. The number of carbonyl (C=O) groups is 1. The molecule has 4 rings (SSSR count). The number of hydrogen-bond acceptors (Lipinski definition) is 4. The van der Waals surface area contributed by atoms with Crippen molar-refractivity contribution in [1.29, 1.82) is 0 Å². The lowest BCUT2D eigenvalue weighted by Gasteiger charge is -2.37. The second kappa shape index (κ2) is 6.11. The maximum absolute atomic E-state index is 11.6. The Morgan fingerprint density at radius 3 is 2.71 bits per heavy atom. The summed E-state index contributed by atoms with van der Waals surface area (Å²) in [5.41, 5.74) is 4.12. The summed E-state index contributed by atoms with van der Waals surface area (Å²) in [5.74, 6) is 0.151. The molecule has 0 bridgehead atoms. The van der Waals surface area contributed by atoms with Gasteiger partial charge in [-0.3, -0.25) is 0 Å². The number of rotatable bonds is 2. The molecule has 0 amide bonds. The molecule has 124 valence electrons. The molecule has 0 saturated carbocycles. The van der Waals surface area contributed by atoms with Gasteiger partial charge in [-0.15, -0.1) is 0 Å². The summed E-state index contributed by atoms with van der Waals surface area (Å²) >= 11 is 6.18. The molecule has 2 aromatic rings. The Balaban J connectivity index is 1.68. The van der Waals surface area contributed by atoms with Crippen molar-refractivity contribution in [2.75, 3.05) is 19.0 Å². The number of fused-ring (bicyclic) bond motifs is 3. The van der Waals surface area contributed by atoms with E-state index in [0.717, 1.165) is 23.7 Å². The van der Waals surface area contributed by atoms with Crippen molar-refractivity contribution < 1.29 is 9.53 Å². The number of benzene rings is 2. The molecule has 0 aliphatic carbocycles. The lowest BCUT2D eigenvalue weighted by Crippen LogP contribution is -2.32. The molecule has 0 aromatic heterocycles. The third-order valence-corrected chi connectivity index (χ3v) is 5.28. The molecule has 3 atom stereocenters. The molecule has 2 heterocycles. The number of hydrogen-bond donors (Lipinski definition) is 2. The Hall–Kier alpha value is -2.04. The van der Waals surface area contributed by atoms with Gasteiger partial charge in [-0.05, 0) is 54.4 Å². The van der Waals surface area contributed by atoms with Gasteiger partial charge >= 0.3 is 5.97 Å². The Morgan fingerprint density at radius 1 is 1.17 bits per heavy atom. The van der Waals surface area contributed by atoms with Gasteiger partial charge in [0.05, 0.1) is 18.7 Å². The first kappa shape index (κ1) is 15.5. The monoisotopic (exact) mass is 342 g/mol. The summed E-state index contributed by atoms with van der Waals surface area (Å²) in [4.78, 5) is 11.6. The van der Waals surface area contributed by atoms with Gasteiger partial charge < -0.3 is 15.4 Å². The zero-order valence-electron chi connectivity index (χ0n) is 13.4. The normalized spacial score (nSPS) is 24.7. The SMILES string of the molecule is COC(=O)c1ccc([C@H]2Nc3ccc(Cl)cc3[C@@H]3NCC[C@H]23)cc1. The van der Waals surface area contributed by atoms with Crippen molar-refractivity contribution in [3.8, 4) is 0 Å². The van der Waals surface area contributed by atoms with Crippen LogP contribution < -0.4 is 10.6 Å². The molecule has 2 aliphatic rings. The van der Waals surface area contributed by atoms with Crippen LogP contribution >= 0.6 is 11.6 Å². The molecule has 2 N–H and O–H groups in total. The number of ether oxygens (including phenoxy) is 1. The van der Waals surface area contributed by atoms with Gasteiger partial charge in [-0.25, -0.2) is 4.79 Å². The van der Waals surface area contributed by atoms with E-state index in [2.05, 4.69) is 16.7 Å². The maximum Gasteiger partial charge on any atom is 0.337 e. The van der Waals surface area contributed by atoms with E-state index in [1.807, 2.05) is 36.4 Å². The van der Waals surface area contributed by atoms with Crippen LogP contribution in [0.15, 0.2) is 42.5 Å². The lowest BCUT2D eigenvalue weighted by atomic mass is 9.80. The van der Waals surface area contributed by atoms with E-state index in [9.17, 15) is 4.79 Å². The van der Waals surface area contributed by atoms with Gasteiger partial charge in [0.25, 0.3) is 0 Å². The Bertz CT molecular complexity index is 775. The van der Waals surface area contributed by atoms with Crippen molar-refractivity contribution in [3.05, 3.63) is 64.2 Å². The minimum absolute atomic E-state index is 0.213. The van der Waals surface area contributed by atoms with Crippen LogP contribution in [0.3, 0.4) is 0 Å². The summed E-state index contributed by atoms with van der Waals surface area (Å²) in [6, 6.07) is 14.2. The fourth-order valence-electron chi connectivity index (χ4n) is 3.90.